The van der Waals surface area contributed by atoms with Crippen LogP contribution in [0.3, 0.4) is 0 Å². The van der Waals surface area contributed by atoms with Crippen LogP contribution in [-0.2, 0) is 9.47 Å². The maximum Gasteiger partial charge on any atom is 0.147 e. The van der Waals surface area contributed by atoms with Crippen LogP contribution in [0.5, 0.6) is 0 Å². The third kappa shape index (κ3) is 6.39. The summed E-state index contributed by atoms with van der Waals surface area (Å²) in [6.07, 6.45) is 16.8. The maximum absolute atomic E-state index is 10.0. The summed E-state index contributed by atoms with van der Waals surface area (Å²) in [7, 11) is 1.67. The molecule has 7 atom stereocenters. The fourth-order valence-corrected chi connectivity index (χ4v) is 6.72. The van der Waals surface area contributed by atoms with Crippen LogP contribution < -0.4 is 0 Å². The first-order valence-corrected chi connectivity index (χ1v) is 13.1. The van der Waals surface area contributed by atoms with Gasteiger partial charge in [-0.3, -0.25) is 0 Å². The van der Waals surface area contributed by atoms with E-state index in [1.165, 1.54) is 37.7 Å². The molecule has 3 saturated carbocycles. The van der Waals surface area contributed by atoms with Gasteiger partial charge in [0.05, 0.1) is 17.8 Å². The molecule has 3 aliphatic carbocycles. The fraction of sp³-hybridized carbons (Fsp3) is 0.793. The Morgan fingerprint density at radius 3 is 2.45 bits per heavy atom. The summed E-state index contributed by atoms with van der Waals surface area (Å²) in [6.45, 7) is 11.8. The van der Waals surface area contributed by atoms with Gasteiger partial charge >= 0.3 is 0 Å². The molecule has 0 spiro atoms. The van der Waals surface area contributed by atoms with E-state index >= 15 is 0 Å². The number of fused-ring (bicyclic) bond motifs is 1. The van der Waals surface area contributed by atoms with E-state index in [9.17, 15) is 10.2 Å². The first-order valence-electron chi connectivity index (χ1n) is 13.1. The van der Waals surface area contributed by atoms with E-state index in [2.05, 4.69) is 58.9 Å². The Balaban J connectivity index is 1.68. The van der Waals surface area contributed by atoms with E-state index in [-0.39, 0.29) is 5.60 Å². The fourth-order valence-electron chi connectivity index (χ4n) is 6.72. The number of ether oxygens (including phenoxy) is 2. The Labute approximate surface area is 202 Å². The molecule has 0 saturated heterocycles. The van der Waals surface area contributed by atoms with Crippen molar-refractivity contribution in [2.75, 3.05) is 13.9 Å². The molecule has 0 amide bonds. The van der Waals surface area contributed by atoms with Gasteiger partial charge in [0.2, 0.25) is 0 Å². The number of hydrogen-bond donors (Lipinski definition) is 2. The zero-order valence-corrected chi connectivity index (χ0v) is 21.8. The van der Waals surface area contributed by atoms with Gasteiger partial charge in [-0.05, 0) is 88.4 Å². The molecule has 0 aromatic rings. The van der Waals surface area contributed by atoms with Crippen molar-refractivity contribution >= 4 is 0 Å². The summed E-state index contributed by atoms with van der Waals surface area (Å²) < 4.78 is 11.0. The van der Waals surface area contributed by atoms with E-state index in [1.807, 2.05) is 0 Å². The predicted octanol–water partition coefficient (Wildman–Crippen LogP) is 6.19. The van der Waals surface area contributed by atoms with Gasteiger partial charge in [0, 0.05) is 13.0 Å². The smallest absolute Gasteiger partial charge is 0.147 e. The Bertz CT molecular complexity index is 724. The molecule has 3 fully saturated rings. The number of aliphatic hydroxyl groups is 2. The second-order valence-corrected chi connectivity index (χ2v) is 11.8. The standard InChI is InChI=1S/C29H48O4/c1-20(9-10-21(2)28(3,4)33-19-32-6)26-13-14-27-23(8-7-15-29(26,27)5)12-11-22-16-24(30)18-25(31)17-22/h9-12,20-21,24-27,30-31H,7-8,13-19H2,1-6H3/b10-9+,23-12?/t20-,21+,24-,25-,26-,27+,29-/m1/s1. The Morgan fingerprint density at radius 1 is 1.09 bits per heavy atom. The lowest BCUT2D eigenvalue weighted by Gasteiger charge is -2.44. The Kier molecular flexibility index (Phi) is 9.05. The lowest BCUT2D eigenvalue weighted by atomic mass is 9.61. The summed E-state index contributed by atoms with van der Waals surface area (Å²) in [6, 6.07) is 0. The van der Waals surface area contributed by atoms with Crippen molar-refractivity contribution in [3.8, 4) is 0 Å². The molecule has 3 aliphatic rings. The molecule has 188 valence electrons. The highest BCUT2D eigenvalue weighted by atomic mass is 16.7. The number of allylic oxidation sites excluding steroid dienone is 4. The van der Waals surface area contributed by atoms with E-state index in [0.717, 1.165) is 0 Å². The average molecular weight is 461 g/mol. The van der Waals surface area contributed by atoms with Gasteiger partial charge < -0.3 is 19.7 Å². The topological polar surface area (TPSA) is 58.9 Å². The van der Waals surface area contributed by atoms with Crippen LogP contribution in [0.25, 0.3) is 0 Å². The third-order valence-corrected chi connectivity index (χ3v) is 9.09. The van der Waals surface area contributed by atoms with Gasteiger partial charge in [0.1, 0.15) is 6.79 Å². The molecule has 0 aliphatic heterocycles. The van der Waals surface area contributed by atoms with Crippen molar-refractivity contribution in [3.05, 3.63) is 35.5 Å². The molecule has 0 heterocycles. The molecule has 4 nitrogen and oxygen atoms in total. The van der Waals surface area contributed by atoms with Crippen LogP contribution in [0.15, 0.2) is 35.5 Å². The quantitative estimate of drug-likeness (QED) is 0.335. The first kappa shape index (κ1) is 26.7. The van der Waals surface area contributed by atoms with Crippen molar-refractivity contribution in [3.63, 3.8) is 0 Å². The van der Waals surface area contributed by atoms with Crippen LogP contribution in [0, 0.1) is 29.1 Å². The Morgan fingerprint density at radius 2 is 1.79 bits per heavy atom. The van der Waals surface area contributed by atoms with Crippen molar-refractivity contribution in [1.29, 1.82) is 0 Å². The summed E-state index contributed by atoms with van der Waals surface area (Å²) in [4.78, 5) is 0. The zero-order valence-electron chi connectivity index (χ0n) is 21.8. The summed E-state index contributed by atoms with van der Waals surface area (Å²) in [5.41, 5.74) is 2.89. The minimum Gasteiger partial charge on any atom is -0.393 e. The number of aliphatic hydroxyl groups excluding tert-OH is 2. The SMILES string of the molecule is COCOC(C)(C)[C@@H](C)/C=C/[C@@H](C)[C@H]1CC[C@H]2C(=CC=C3C[C@@H](O)C[C@H](O)C3)CCC[C@]12C. The van der Waals surface area contributed by atoms with Crippen LogP contribution in [0.2, 0.25) is 0 Å². The highest BCUT2D eigenvalue weighted by molar-refractivity contribution is 5.26. The molecule has 4 heteroatoms. The van der Waals surface area contributed by atoms with Gasteiger partial charge in [0.15, 0.2) is 0 Å². The minimum absolute atomic E-state index is 0.247. The molecule has 0 aromatic heterocycles. The lowest BCUT2D eigenvalue weighted by Crippen LogP contribution is -2.36. The van der Waals surface area contributed by atoms with Gasteiger partial charge in [-0.25, -0.2) is 0 Å². The van der Waals surface area contributed by atoms with Crippen molar-refractivity contribution in [2.24, 2.45) is 29.1 Å². The predicted molar refractivity (Wildman–Crippen MR) is 135 cm³/mol. The molecule has 0 bridgehead atoms. The Hall–Kier alpha value is -0.940. The van der Waals surface area contributed by atoms with E-state index < -0.39 is 12.2 Å². The van der Waals surface area contributed by atoms with Gasteiger partial charge in [-0.1, -0.05) is 56.2 Å². The molecular weight excluding hydrogens is 412 g/mol. The summed E-state index contributed by atoms with van der Waals surface area (Å²) in [5, 5.41) is 20.0. The second kappa shape index (κ2) is 11.2. The normalized spacial score (nSPS) is 36.2. The average Bonchev–Trinajstić information content (AvgIpc) is 3.11. The van der Waals surface area contributed by atoms with Crippen molar-refractivity contribution in [1.82, 2.24) is 0 Å². The second-order valence-electron chi connectivity index (χ2n) is 11.8. The molecule has 2 N–H and O–H groups in total. The van der Waals surface area contributed by atoms with E-state index in [4.69, 9.17) is 9.47 Å². The zero-order chi connectivity index (χ0) is 24.2. The van der Waals surface area contributed by atoms with Crippen LogP contribution >= 0.6 is 0 Å². The lowest BCUT2D eigenvalue weighted by molar-refractivity contribution is -0.128. The van der Waals surface area contributed by atoms with Gasteiger partial charge in [-0.2, -0.15) is 0 Å². The first-order chi connectivity index (χ1) is 15.6. The highest BCUT2D eigenvalue weighted by Crippen LogP contribution is 2.59. The van der Waals surface area contributed by atoms with Crippen molar-refractivity contribution in [2.45, 2.75) is 104 Å². The van der Waals surface area contributed by atoms with Gasteiger partial charge in [-0.15, -0.1) is 0 Å². The van der Waals surface area contributed by atoms with Crippen molar-refractivity contribution < 1.29 is 19.7 Å². The van der Waals surface area contributed by atoms with Crippen LogP contribution in [0.1, 0.15) is 86.0 Å². The monoisotopic (exact) mass is 460 g/mol. The molecule has 0 aromatic carbocycles. The maximum atomic E-state index is 10.0. The molecule has 0 radical (unpaired) electrons. The molecule has 0 unspecified atom stereocenters. The van der Waals surface area contributed by atoms with E-state index in [1.54, 1.807) is 12.7 Å². The van der Waals surface area contributed by atoms with Gasteiger partial charge in [0.25, 0.3) is 0 Å². The molecule has 3 rings (SSSR count). The number of methoxy groups -OCH3 is 1. The summed E-state index contributed by atoms with van der Waals surface area (Å²) >= 11 is 0. The number of hydrogen-bond acceptors (Lipinski definition) is 4. The van der Waals surface area contributed by atoms with Crippen LogP contribution in [0.4, 0.5) is 0 Å². The largest absolute Gasteiger partial charge is 0.393 e. The number of rotatable bonds is 8. The minimum atomic E-state index is -0.397. The molecule has 33 heavy (non-hydrogen) atoms. The highest BCUT2D eigenvalue weighted by Gasteiger charge is 2.50. The summed E-state index contributed by atoms with van der Waals surface area (Å²) in [5.74, 6) is 2.21. The third-order valence-electron chi connectivity index (χ3n) is 9.09. The molecular formula is C29H48O4. The van der Waals surface area contributed by atoms with E-state index in [0.29, 0.717) is 55.1 Å². The van der Waals surface area contributed by atoms with Crippen LogP contribution in [-0.4, -0.2) is 41.9 Å².